The number of nitrogens with one attached hydrogen (secondary N) is 1. The highest BCUT2D eigenvalue weighted by atomic mass is 35.5. The molecule has 0 spiro atoms. The summed E-state index contributed by atoms with van der Waals surface area (Å²) in [5, 5.41) is 12.0. The molecule has 0 amide bonds. The van der Waals surface area contributed by atoms with Crippen molar-refractivity contribution >= 4 is 17.3 Å². The van der Waals surface area contributed by atoms with E-state index in [1.54, 1.807) is 0 Å². The van der Waals surface area contributed by atoms with E-state index < -0.39 is 17.3 Å². The normalized spacial score (nSPS) is 12.6. The first-order valence-electron chi connectivity index (χ1n) is 4.92. The maximum absolute atomic E-state index is 12.7. The summed E-state index contributed by atoms with van der Waals surface area (Å²) < 4.78 is 38.1. The van der Waals surface area contributed by atoms with Gasteiger partial charge < -0.3 is 10.4 Å². The van der Waals surface area contributed by atoms with Crippen molar-refractivity contribution < 1.29 is 18.3 Å². The second-order valence-corrected chi connectivity index (χ2v) is 4.79. The molecule has 0 saturated carbocycles. The molecule has 2 nitrogen and oxygen atoms in total. The van der Waals surface area contributed by atoms with Crippen molar-refractivity contribution in [2.75, 3.05) is 11.9 Å². The van der Waals surface area contributed by atoms with Crippen molar-refractivity contribution in [2.24, 2.45) is 0 Å². The van der Waals surface area contributed by atoms with Gasteiger partial charge in [-0.15, -0.1) is 0 Å². The first-order chi connectivity index (χ1) is 7.59. The van der Waals surface area contributed by atoms with Gasteiger partial charge in [-0.3, -0.25) is 0 Å². The van der Waals surface area contributed by atoms with E-state index in [9.17, 15) is 18.3 Å². The van der Waals surface area contributed by atoms with Crippen LogP contribution in [0.3, 0.4) is 0 Å². The van der Waals surface area contributed by atoms with E-state index in [0.29, 0.717) is 0 Å². The van der Waals surface area contributed by atoms with Gasteiger partial charge in [0.15, 0.2) is 0 Å². The first kappa shape index (κ1) is 14.1. The van der Waals surface area contributed by atoms with E-state index in [1.165, 1.54) is 26.0 Å². The predicted octanol–water partition coefficient (Wildman–Crippen LogP) is 3.54. The van der Waals surface area contributed by atoms with Crippen molar-refractivity contribution in [1.82, 2.24) is 0 Å². The smallest absolute Gasteiger partial charge is 0.389 e. The Bertz CT molecular complexity index is 399. The maximum Gasteiger partial charge on any atom is 0.418 e. The molecule has 2 N–H and O–H groups in total. The van der Waals surface area contributed by atoms with Gasteiger partial charge in [0.05, 0.1) is 11.2 Å². The van der Waals surface area contributed by atoms with Crippen molar-refractivity contribution in [3.05, 3.63) is 28.8 Å². The lowest BCUT2D eigenvalue weighted by Crippen LogP contribution is -2.30. The van der Waals surface area contributed by atoms with Crippen LogP contribution < -0.4 is 5.32 Å². The molecule has 0 aliphatic heterocycles. The molecule has 6 heteroatoms. The summed E-state index contributed by atoms with van der Waals surface area (Å²) in [5.41, 5.74) is -2.03. The number of aliphatic hydroxyl groups is 1. The van der Waals surface area contributed by atoms with Crippen LogP contribution >= 0.6 is 11.6 Å². The Balaban J connectivity index is 2.99. The van der Waals surface area contributed by atoms with Gasteiger partial charge in [-0.05, 0) is 32.0 Å². The molecule has 0 bridgehead atoms. The largest absolute Gasteiger partial charge is 0.418 e. The zero-order chi connectivity index (χ0) is 13.3. The molecule has 1 rings (SSSR count). The minimum atomic E-state index is -4.48. The Morgan fingerprint density at radius 3 is 2.35 bits per heavy atom. The predicted molar refractivity (Wildman–Crippen MR) is 61.2 cm³/mol. The Labute approximate surface area is 102 Å². The lowest BCUT2D eigenvalue weighted by Gasteiger charge is -2.21. The Hall–Kier alpha value is -0.940. The summed E-state index contributed by atoms with van der Waals surface area (Å²) in [6.07, 6.45) is -4.48. The highest BCUT2D eigenvalue weighted by Gasteiger charge is 2.34. The molecule has 0 radical (unpaired) electrons. The molecular weight excluding hydrogens is 255 g/mol. The quantitative estimate of drug-likeness (QED) is 0.878. The van der Waals surface area contributed by atoms with Gasteiger partial charge in [-0.25, -0.2) is 0 Å². The molecule has 0 fully saturated rings. The summed E-state index contributed by atoms with van der Waals surface area (Å²) >= 11 is 5.54. The standard InChI is InChI=1S/C11H13ClF3NO/c1-10(2,17)6-16-9-4-3-7(12)5-8(9)11(13,14)15/h3-5,16-17H,6H2,1-2H3. The minimum Gasteiger partial charge on any atom is -0.389 e. The number of anilines is 1. The monoisotopic (exact) mass is 267 g/mol. The third-order valence-corrected chi connectivity index (χ3v) is 2.23. The lowest BCUT2D eigenvalue weighted by molar-refractivity contribution is -0.137. The number of benzene rings is 1. The van der Waals surface area contributed by atoms with E-state index in [2.05, 4.69) is 5.32 Å². The van der Waals surface area contributed by atoms with Crippen molar-refractivity contribution in [2.45, 2.75) is 25.6 Å². The van der Waals surface area contributed by atoms with Crippen LogP contribution in [0.25, 0.3) is 0 Å². The van der Waals surface area contributed by atoms with E-state index in [-0.39, 0.29) is 17.3 Å². The highest BCUT2D eigenvalue weighted by Crippen LogP contribution is 2.36. The zero-order valence-corrected chi connectivity index (χ0v) is 10.2. The Kier molecular flexibility index (Phi) is 3.94. The van der Waals surface area contributed by atoms with Crippen molar-refractivity contribution in [1.29, 1.82) is 0 Å². The molecule has 0 aromatic heterocycles. The fourth-order valence-corrected chi connectivity index (χ4v) is 1.39. The first-order valence-corrected chi connectivity index (χ1v) is 5.30. The number of halogens is 4. The fourth-order valence-electron chi connectivity index (χ4n) is 1.22. The highest BCUT2D eigenvalue weighted by molar-refractivity contribution is 6.30. The fraction of sp³-hybridized carbons (Fsp3) is 0.455. The van der Waals surface area contributed by atoms with Gasteiger partial charge >= 0.3 is 6.18 Å². The molecule has 0 saturated heterocycles. The molecule has 0 aliphatic rings. The summed E-state index contributed by atoms with van der Waals surface area (Å²) in [4.78, 5) is 0. The molecule has 0 atom stereocenters. The van der Waals surface area contributed by atoms with Gasteiger partial charge in [0.25, 0.3) is 0 Å². The average Bonchev–Trinajstić information content (AvgIpc) is 2.13. The SMILES string of the molecule is CC(C)(O)CNc1ccc(Cl)cc1C(F)(F)F. The van der Waals surface area contributed by atoms with Crippen LogP contribution in [-0.4, -0.2) is 17.3 Å². The third kappa shape index (κ3) is 4.44. The number of hydrogen-bond acceptors (Lipinski definition) is 2. The summed E-state index contributed by atoms with van der Waals surface area (Å²) in [6, 6.07) is 3.47. The summed E-state index contributed by atoms with van der Waals surface area (Å²) in [6.45, 7) is 3.02. The van der Waals surface area contributed by atoms with E-state index in [1.807, 2.05) is 0 Å². The van der Waals surface area contributed by atoms with E-state index in [0.717, 1.165) is 6.07 Å². The average molecular weight is 268 g/mol. The molecule has 0 heterocycles. The molecule has 0 aliphatic carbocycles. The second-order valence-electron chi connectivity index (χ2n) is 4.35. The van der Waals surface area contributed by atoms with Crippen LogP contribution in [0.1, 0.15) is 19.4 Å². The molecular formula is C11H13ClF3NO. The zero-order valence-electron chi connectivity index (χ0n) is 9.40. The van der Waals surface area contributed by atoms with Gasteiger partial charge in [0.1, 0.15) is 0 Å². The van der Waals surface area contributed by atoms with Crippen LogP contribution in [0.5, 0.6) is 0 Å². The van der Waals surface area contributed by atoms with Crippen LogP contribution in [-0.2, 0) is 6.18 Å². The Morgan fingerprint density at radius 2 is 1.88 bits per heavy atom. The van der Waals surface area contributed by atoms with Gasteiger partial charge in [-0.2, -0.15) is 13.2 Å². The molecule has 96 valence electrons. The lowest BCUT2D eigenvalue weighted by atomic mass is 10.1. The Morgan fingerprint density at radius 1 is 1.29 bits per heavy atom. The molecule has 1 aromatic rings. The van der Waals surface area contributed by atoms with Crippen molar-refractivity contribution in [3.8, 4) is 0 Å². The van der Waals surface area contributed by atoms with Crippen LogP contribution in [0.4, 0.5) is 18.9 Å². The van der Waals surface area contributed by atoms with Gasteiger partial charge in [-0.1, -0.05) is 11.6 Å². The van der Waals surface area contributed by atoms with Crippen LogP contribution in [0.15, 0.2) is 18.2 Å². The van der Waals surface area contributed by atoms with Gasteiger partial charge in [0, 0.05) is 17.3 Å². The molecule has 17 heavy (non-hydrogen) atoms. The van der Waals surface area contributed by atoms with E-state index >= 15 is 0 Å². The number of hydrogen-bond donors (Lipinski definition) is 2. The van der Waals surface area contributed by atoms with Crippen LogP contribution in [0, 0.1) is 0 Å². The topological polar surface area (TPSA) is 32.3 Å². The maximum atomic E-state index is 12.7. The molecule has 1 aromatic carbocycles. The molecule has 0 unspecified atom stereocenters. The number of rotatable bonds is 3. The van der Waals surface area contributed by atoms with Crippen LogP contribution in [0.2, 0.25) is 5.02 Å². The third-order valence-electron chi connectivity index (χ3n) is 2.00. The van der Waals surface area contributed by atoms with Crippen molar-refractivity contribution in [3.63, 3.8) is 0 Å². The minimum absolute atomic E-state index is 0.0116. The van der Waals surface area contributed by atoms with E-state index in [4.69, 9.17) is 11.6 Å². The number of alkyl halides is 3. The summed E-state index contributed by atoms with van der Waals surface area (Å²) in [5.74, 6) is 0. The second kappa shape index (κ2) is 4.74. The van der Waals surface area contributed by atoms with Gasteiger partial charge in [0.2, 0.25) is 0 Å². The summed E-state index contributed by atoms with van der Waals surface area (Å²) in [7, 11) is 0.